The average molecular weight is 299 g/mol. The van der Waals surface area contributed by atoms with Crippen LogP contribution in [0.1, 0.15) is 17.3 Å². The highest BCUT2D eigenvalue weighted by molar-refractivity contribution is 9.10. The number of hydrogen-bond acceptors (Lipinski definition) is 5. The number of ether oxygens (including phenoxy) is 1. The summed E-state index contributed by atoms with van der Waals surface area (Å²) in [6.07, 6.45) is 0. The molecular formula is C11H11BrN2O3. The number of hydrogen-bond donors (Lipinski definition) is 1. The number of aryl methyl sites for hydroxylation is 1. The van der Waals surface area contributed by atoms with Gasteiger partial charge in [-0.05, 0) is 33.6 Å². The Hall–Kier alpha value is -1.40. The molecule has 1 aromatic carbocycles. The minimum absolute atomic E-state index is 0.00172. The molecule has 5 nitrogen and oxygen atoms in total. The minimum atomic E-state index is 0.00172. The molecule has 0 spiro atoms. The molecule has 2 aromatic rings. The van der Waals surface area contributed by atoms with E-state index in [0.29, 0.717) is 17.5 Å². The van der Waals surface area contributed by atoms with E-state index in [1.807, 2.05) is 0 Å². The zero-order chi connectivity index (χ0) is 12.3. The van der Waals surface area contributed by atoms with Crippen LogP contribution >= 0.6 is 15.9 Å². The van der Waals surface area contributed by atoms with Crippen LogP contribution in [0.25, 0.3) is 0 Å². The molecule has 1 N–H and O–H groups in total. The maximum Gasteiger partial charge on any atom is 0.253 e. The van der Waals surface area contributed by atoms with Crippen LogP contribution in [-0.4, -0.2) is 15.3 Å². The van der Waals surface area contributed by atoms with Crippen molar-refractivity contribution in [3.8, 4) is 5.75 Å². The van der Waals surface area contributed by atoms with Crippen molar-refractivity contribution in [2.45, 2.75) is 20.1 Å². The van der Waals surface area contributed by atoms with Gasteiger partial charge in [-0.15, -0.1) is 10.2 Å². The highest BCUT2D eigenvalue weighted by Crippen LogP contribution is 2.26. The van der Waals surface area contributed by atoms with Crippen molar-refractivity contribution in [1.82, 2.24) is 10.2 Å². The standard InChI is InChI=1S/C11H11BrN2O3/c1-7-13-14-11(17-7)6-16-10-3-2-8(5-15)4-9(10)12/h2-4,15H,5-6H2,1H3. The second kappa shape index (κ2) is 5.29. The Labute approximate surface area is 107 Å². The first kappa shape index (κ1) is 12.1. The molecule has 0 amide bonds. The van der Waals surface area contributed by atoms with Crippen molar-refractivity contribution in [2.24, 2.45) is 0 Å². The van der Waals surface area contributed by atoms with Crippen molar-refractivity contribution in [3.63, 3.8) is 0 Å². The number of aromatic nitrogens is 2. The first-order valence-electron chi connectivity index (χ1n) is 5.00. The maximum absolute atomic E-state index is 8.97. The molecule has 90 valence electrons. The van der Waals surface area contributed by atoms with Gasteiger partial charge in [0.05, 0.1) is 11.1 Å². The quantitative estimate of drug-likeness (QED) is 0.937. The normalized spacial score (nSPS) is 10.5. The lowest BCUT2D eigenvalue weighted by atomic mass is 10.2. The topological polar surface area (TPSA) is 68.4 Å². The number of aliphatic hydroxyl groups is 1. The molecule has 0 saturated heterocycles. The van der Waals surface area contributed by atoms with E-state index in [1.165, 1.54) is 0 Å². The molecule has 0 fully saturated rings. The Morgan fingerprint density at radius 1 is 1.41 bits per heavy atom. The number of halogens is 1. The van der Waals surface area contributed by atoms with Crippen molar-refractivity contribution in [3.05, 3.63) is 40.0 Å². The average Bonchev–Trinajstić information content (AvgIpc) is 2.73. The Morgan fingerprint density at radius 3 is 2.82 bits per heavy atom. The van der Waals surface area contributed by atoms with E-state index in [2.05, 4.69) is 26.1 Å². The summed E-state index contributed by atoms with van der Waals surface area (Å²) in [5.74, 6) is 1.61. The van der Waals surface area contributed by atoms with Crippen molar-refractivity contribution >= 4 is 15.9 Å². The van der Waals surface area contributed by atoms with Crippen molar-refractivity contribution < 1.29 is 14.3 Å². The van der Waals surface area contributed by atoms with Crippen LogP contribution in [0.3, 0.4) is 0 Å². The van der Waals surface area contributed by atoms with Gasteiger partial charge in [-0.25, -0.2) is 0 Å². The van der Waals surface area contributed by atoms with E-state index >= 15 is 0 Å². The van der Waals surface area contributed by atoms with Gasteiger partial charge in [0.1, 0.15) is 5.75 Å². The summed E-state index contributed by atoms with van der Waals surface area (Å²) >= 11 is 3.36. The molecule has 2 rings (SSSR count). The lowest BCUT2D eigenvalue weighted by Gasteiger charge is -2.06. The van der Waals surface area contributed by atoms with E-state index in [-0.39, 0.29) is 13.2 Å². The molecule has 0 unspecified atom stereocenters. The van der Waals surface area contributed by atoms with Gasteiger partial charge in [-0.1, -0.05) is 6.07 Å². The van der Waals surface area contributed by atoms with Crippen molar-refractivity contribution in [1.29, 1.82) is 0 Å². The third-order valence-corrected chi connectivity index (χ3v) is 2.72. The lowest BCUT2D eigenvalue weighted by Crippen LogP contribution is -1.97. The molecule has 6 heteroatoms. The maximum atomic E-state index is 8.97. The van der Waals surface area contributed by atoms with Gasteiger partial charge in [0.15, 0.2) is 6.61 Å². The summed E-state index contributed by atoms with van der Waals surface area (Å²) in [6, 6.07) is 5.37. The fourth-order valence-electron chi connectivity index (χ4n) is 1.30. The summed E-state index contributed by atoms with van der Waals surface area (Å²) in [5, 5.41) is 16.5. The number of rotatable bonds is 4. The predicted molar refractivity (Wildman–Crippen MR) is 63.4 cm³/mol. The number of nitrogens with zero attached hydrogens (tertiary/aromatic N) is 2. The summed E-state index contributed by atoms with van der Waals surface area (Å²) < 4.78 is 11.5. The molecule has 1 aromatic heterocycles. The van der Waals surface area contributed by atoms with E-state index in [9.17, 15) is 0 Å². The second-order valence-electron chi connectivity index (χ2n) is 3.43. The second-order valence-corrected chi connectivity index (χ2v) is 4.28. The lowest BCUT2D eigenvalue weighted by molar-refractivity contribution is 0.258. The van der Waals surface area contributed by atoms with E-state index in [1.54, 1.807) is 25.1 Å². The van der Waals surface area contributed by atoms with Crippen LogP contribution < -0.4 is 4.74 Å². The molecule has 0 aliphatic carbocycles. The first-order valence-corrected chi connectivity index (χ1v) is 5.79. The monoisotopic (exact) mass is 298 g/mol. The van der Waals surface area contributed by atoms with Crippen molar-refractivity contribution in [2.75, 3.05) is 0 Å². The van der Waals surface area contributed by atoms with Gasteiger partial charge in [0.2, 0.25) is 5.89 Å². The summed E-state index contributed by atoms with van der Waals surface area (Å²) in [6.45, 7) is 1.95. The summed E-state index contributed by atoms with van der Waals surface area (Å²) in [5.41, 5.74) is 0.817. The zero-order valence-corrected chi connectivity index (χ0v) is 10.8. The fraction of sp³-hybridized carbons (Fsp3) is 0.273. The highest BCUT2D eigenvalue weighted by atomic mass is 79.9. The predicted octanol–water partition coefficient (Wildman–Crippen LogP) is 2.21. The highest BCUT2D eigenvalue weighted by Gasteiger charge is 2.06. The molecule has 0 radical (unpaired) electrons. The third-order valence-electron chi connectivity index (χ3n) is 2.10. The van der Waals surface area contributed by atoms with E-state index < -0.39 is 0 Å². The van der Waals surface area contributed by atoms with Gasteiger partial charge in [-0.2, -0.15) is 0 Å². The van der Waals surface area contributed by atoms with Crippen LogP contribution in [0.5, 0.6) is 5.75 Å². The summed E-state index contributed by atoms with van der Waals surface area (Å²) in [4.78, 5) is 0. The molecule has 0 aliphatic heterocycles. The van der Waals surface area contributed by atoms with Gasteiger partial charge >= 0.3 is 0 Å². The first-order chi connectivity index (χ1) is 8.19. The van der Waals surface area contributed by atoms with Crippen LogP contribution in [0, 0.1) is 6.92 Å². The molecular weight excluding hydrogens is 288 g/mol. The SMILES string of the molecule is Cc1nnc(COc2ccc(CO)cc2Br)o1. The summed E-state index contributed by atoms with van der Waals surface area (Å²) in [7, 11) is 0. The smallest absolute Gasteiger partial charge is 0.253 e. The van der Waals surface area contributed by atoms with Crippen LogP contribution in [-0.2, 0) is 13.2 Å². The minimum Gasteiger partial charge on any atom is -0.483 e. The number of aliphatic hydroxyl groups excluding tert-OH is 1. The Morgan fingerprint density at radius 2 is 2.24 bits per heavy atom. The van der Waals surface area contributed by atoms with Crippen LogP contribution in [0.15, 0.2) is 27.1 Å². The van der Waals surface area contributed by atoms with Crippen LogP contribution in [0.4, 0.5) is 0 Å². The molecule has 0 bridgehead atoms. The zero-order valence-electron chi connectivity index (χ0n) is 9.18. The third kappa shape index (κ3) is 3.04. The molecule has 1 heterocycles. The van der Waals surface area contributed by atoms with E-state index in [0.717, 1.165) is 10.0 Å². The van der Waals surface area contributed by atoms with Gasteiger partial charge < -0.3 is 14.3 Å². The van der Waals surface area contributed by atoms with Gasteiger partial charge in [-0.3, -0.25) is 0 Å². The van der Waals surface area contributed by atoms with E-state index in [4.69, 9.17) is 14.3 Å². The van der Waals surface area contributed by atoms with Gasteiger partial charge in [0, 0.05) is 6.92 Å². The Kier molecular flexibility index (Phi) is 3.75. The Balaban J connectivity index is 2.04. The number of benzene rings is 1. The molecule has 0 aliphatic rings. The van der Waals surface area contributed by atoms with Gasteiger partial charge in [0.25, 0.3) is 5.89 Å². The Bertz CT molecular complexity index is 513. The fourth-order valence-corrected chi connectivity index (χ4v) is 1.84. The largest absolute Gasteiger partial charge is 0.483 e. The van der Waals surface area contributed by atoms with Crippen LogP contribution in [0.2, 0.25) is 0 Å². The molecule has 17 heavy (non-hydrogen) atoms. The molecule has 0 saturated carbocycles. The molecule has 0 atom stereocenters.